The summed E-state index contributed by atoms with van der Waals surface area (Å²) in [4.78, 5) is 23.5. The maximum Gasteiger partial charge on any atom is 0.432 e. The minimum absolute atomic E-state index is 0.0126. The number of esters is 2. The number of carbonyl (C=O) groups excluding carboxylic acids is 2. The summed E-state index contributed by atoms with van der Waals surface area (Å²) in [6.07, 6.45) is -10.7. The zero-order chi connectivity index (χ0) is 22.1. The summed E-state index contributed by atoms with van der Waals surface area (Å²) in [6.45, 7) is 6.31. The number of alkyl halides is 5. The standard InChI is InChI=1S/C15H19F5O7S/c1-8(2)10(21)27-13(3)6-4-9(5-7-13)11(22)26-12(14(16,17)18)15(19,20)28(23,24)25/h9,12H,1,4-7H2,2-3H3,(H,23,24,25)/p-1. The predicted molar refractivity (Wildman–Crippen MR) is 81.8 cm³/mol. The Kier molecular flexibility index (Phi) is 6.88. The Labute approximate surface area is 157 Å². The molecule has 0 saturated heterocycles. The molecule has 1 aliphatic rings. The largest absolute Gasteiger partial charge is 0.743 e. The average molecular weight is 437 g/mol. The van der Waals surface area contributed by atoms with Crippen LogP contribution in [0.2, 0.25) is 0 Å². The van der Waals surface area contributed by atoms with E-state index in [9.17, 15) is 44.5 Å². The van der Waals surface area contributed by atoms with Crippen LogP contribution in [-0.4, -0.2) is 48.0 Å². The number of rotatable bonds is 6. The second-order valence-electron chi connectivity index (χ2n) is 6.77. The quantitative estimate of drug-likeness (QED) is 0.272. The van der Waals surface area contributed by atoms with Crippen molar-refractivity contribution in [2.75, 3.05) is 0 Å². The Morgan fingerprint density at radius 2 is 1.64 bits per heavy atom. The smallest absolute Gasteiger partial charge is 0.432 e. The first-order valence-electron chi connectivity index (χ1n) is 7.90. The summed E-state index contributed by atoms with van der Waals surface area (Å²) in [5.41, 5.74) is -0.935. The van der Waals surface area contributed by atoms with Gasteiger partial charge in [0.2, 0.25) is 0 Å². The van der Waals surface area contributed by atoms with Crippen LogP contribution in [0.1, 0.15) is 39.5 Å². The van der Waals surface area contributed by atoms with Gasteiger partial charge in [-0.2, -0.15) is 22.0 Å². The first-order chi connectivity index (χ1) is 12.4. The maximum absolute atomic E-state index is 13.4. The van der Waals surface area contributed by atoms with E-state index in [4.69, 9.17) is 4.74 Å². The van der Waals surface area contributed by atoms with Gasteiger partial charge in [-0.05, 0) is 39.5 Å². The molecule has 1 saturated carbocycles. The molecular formula is C15H18F5O7S-. The van der Waals surface area contributed by atoms with Crippen molar-refractivity contribution in [3.8, 4) is 0 Å². The lowest BCUT2D eigenvalue weighted by Crippen LogP contribution is -2.53. The highest BCUT2D eigenvalue weighted by atomic mass is 32.2. The highest BCUT2D eigenvalue weighted by Gasteiger charge is 2.63. The molecule has 0 spiro atoms. The molecular weight excluding hydrogens is 419 g/mol. The maximum atomic E-state index is 13.4. The fraction of sp³-hybridized carbons (Fsp3) is 0.733. The van der Waals surface area contributed by atoms with E-state index in [1.807, 2.05) is 0 Å². The Morgan fingerprint density at radius 1 is 1.18 bits per heavy atom. The van der Waals surface area contributed by atoms with E-state index in [1.165, 1.54) is 13.8 Å². The minimum atomic E-state index is -6.75. The molecule has 1 fully saturated rings. The third-order valence-electron chi connectivity index (χ3n) is 4.23. The number of halogens is 5. The highest BCUT2D eigenvalue weighted by Crippen LogP contribution is 2.40. The van der Waals surface area contributed by atoms with Crippen molar-refractivity contribution in [3.05, 3.63) is 12.2 Å². The van der Waals surface area contributed by atoms with Crippen molar-refractivity contribution in [2.24, 2.45) is 5.92 Å². The summed E-state index contributed by atoms with van der Waals surface area (Å²) >= 11 is 0. The molecule has 28 heavy (non-hydrogen) atoms. The average Bonchev–Trinajstić information content (AvgIpc) is 2.50. The van der Waals surface area contributed by atoms with Crippen LogP contribution in [0.15, 0.2) is 12.2 Å². The predicted octanol–water partition coefficient (Wildman–Crippen LogP) is 2.67. The van der Waals surface area contributed by atoms with Crippen LogP contribution in [0.25, 0.3) is 0 Å². The highest BCUT2D eigenvalue weighted by molar-refractivity contribution is 7.86. The van der Waals surface area contributed by atoms with Gasteiger partial charge < -0.3 is 14.0 Å². The molecule has 0 aliphatic heterocycles. The molecule has 0 aromatic rings. The van der Waals surface area contributed by atoms with E-state index in [-0.39, 0.29) is 31.3 Å². The summed E-state index contributed by atoms with van der Waals surface area (Å²) < 4.78 is 106. The van der Waals surface area contributed by atoms with Gasteiger partial charge in [0, 0.05) is 5.57 Å². The van der Waals surface area contributed by atoms with Crippen LogP contribution in [0, 0.1) is 5.92 Å². The van der Waals surface area contributed by atoms with E-state index >= 15 is 0 Å². The van der Waals surface area contributed by atoms with E-state index in [0.29, 0.717) is 0 Å². The Morgan fingerprint density at radius 3 is 2.00 bits per heavy atom. The number of carbonyl (C=O) groups is 2. The number of ether oxygens (including phenoxy) is 2. The molecule has 1 atom stereocenters. The van der Waals surface area contributed by atoms with Gasteiger partial charge in [0.05, 0.1) is 5.92 Å². The van der Waals surface area contributed by atoms with Gasteiger partial charge in [-0.15, -0.1) is 0 Å². The molecule has 0 bridgehead atoms. The Balaban J connectivity index is 2.87. The van der Waals surface area contributed by atoms with Crippen molar-refractivity contribution in [1.82, 2.24) is 0 Å². The van der Waals surface area contributed by atoms with Crippen LogP contribution < -0.4 is 0 Å². The zero-order valence-corrected chi connectivity index (χ0v) is 15.7. The van der Waals surface area contributed by atoms with Gasteiger partial charge in [0.1, 0.15) is 5.60 Å². The summed E-state index contributed by atoms with van der Waals surface area (Å²) in [5.74, 6) is -3.70. The molecule has 7 nitrogen and oxygen atoms in total. The molecule has 0 N–H and O–H groups in total. The molecule has 0 radical (unpaired) electrons. The molecule has 0 heterocycles. The van der Waals surface area contributed by atoms with Crippen LogP contribution in [0.5, 0.6) is 0 Å². The third kappa shape index (κ3) is 5.63. The molecule has 1 rings (SSSR count). The van der Waals surface area contributed by atoms with Crippen LogP contribution >= 0.6 is 0 Å². The van der Waals surface area contributed by atoms with Crippen LogP contribution in [0.3, 0.4) is 0 Å². The summed E-state index contributed by atoms with van der Waals surface area (Å²) in [7, 11) is -6.75. The van der Waals surface area contributed by atoms with Gasteiger partial charge in [-0.3, -0.25) is 4.79 Å². The Bertz CT molecular complexity index is 736. The number of hydrogen-bond acceptors (Lipinski definition) is 7. The molecule has 0 aromatic carbocycles. The molecule has 13 heteroatoms. The molecule has 1 unspecified atom stereocenters. The van der Waals surface area contributed by atoms with E-state index < -0.39 is 51.1 Å². The minimum Gasteiger partial charge on any atom is -0.743 e. The van der Waals surface area contributed by atoms with Gasteiger partial charge in [0.25, 0.3) is 6.10 Å². The van der Waals surface area contributed by atoms with Gasteiger partial charge in [-0.1, -0.05) is 6.58 Å². The van der Waals surface area contributed by atoms with Crippen molar-refractivity contribution >= 4 is 22.1 Å². The SMILES string of the molecule is C=C(C)C(=O)OC1(C)CCC(C(=O)OC(C(F)(F)F)C(F)(F)S(=O)(=O)[O-])CC1. The van der Waals surface area contributed by atoms with Crippen molar-refractivity contribution in [1.29, 1.82) is 0 Å². The fourth-order valence-corrected chi connectivity index (χ4v) is 2.99. The Hall–Kier alpha value is -1.76. The van der Waals surface area contributed by atoms with E-state index in [1.54, 1.807) is 0 Å². The lowest BCUT2D eigenvalue weighted by atomic mass is 9.79. The van der Waals surface area contributed by atoms with Crippen molar-refractivity contribution in [2.45, 2.75) is 62.7 Å². The topological polar surface area (TPSA) is 110 Å². The van der Waals surface area contributed by atoms with Crippen LogP contribution in [0.4, 0.5) is 22.0 Å². The molecule has 1 aliphatic carbocycles. The lowest BCUT2D eigenvalue weighted by Gasteiger charge is -2.37. The van der Waals surface area contributed by atoms with Gasteiger partial charge in [0.15, 0.2) is 10.1 Å². The summed E-state index contributed by atoms with van der Waals surface area (Å²) in [5, 5.41) is -5.89. The van der Waals surface area contributed by atoms with Crippen molar-refractivity contribution < 1.29 is 54.0 Å². The van der Waals surface area contributed by atoms with E-state index in [0.717, 1.165) is 0 Å². The van der Waals surface area contributed by atoms with Crippen LogP contribution in [-0.2, 0) is 29.2 Å². The fourth-order valence-electron chi connectivity index (χ4n) is 2.55. The van der Waals surface area contributed by atoms with Gasteiger partial charge >= 0.3 is 23.4 Å². The summed E-state index contributed by atoms with van der Waals surface area (Å²) in [6, 6.07) is 0. The van der Waals surface area contributed by atoms with Gasteiger partial charge in [-0.25, -0.2) is 13.2 Å². The zero-order valence-electron chi connectivity index (χ0n) is 14.8. The molecule has 0 amide bonds. The third-order valence-corrected chi connectivity index (χ3v) is 5.11. The lowest BCUT2D eigenvalue weighted by molar-refractivity contribution is -0.261. The monoisotopic (exact) mass is 437 g/mol. The molecule has 0 aromatic heterocycles. The van der Waals surface area contributed by atoms with E-state index in [2.05, 4.69) is 11.3 Å². The second-order valence-corrected chi connectivity index (χ2v) is 8.22. The first kappa shape index (κ1) is 24.3. The van der Waals surface area contributed by atoms with Crippen molar-refractivity contribution in [3.63, 3.8) is 0 Å². The molecule has 162 valence electrons. The second kappa shape index (κ2) is 7.93. The first-order valence-corrected chi connectivity index (χ1v) is 9.31. The normalized spacial score (nSPS) is 24.9. The number of hydrogen-bond donors (Lipinski definition) is 0.